The van der Waals surface area contributed by atoms with Crippen molar-refractivity contribution in [3.8, 4) is 0 Å². The minimum Gasteiger partial charge on any atom is -0.447 e. The first-order chi connectivity index (χ1) is 9.27. The molecule has 4 heteroatoms. The lowest BCUT2D eigenvalue weighted by Gasteiger charge is -2.21. The summed E-state index contributed by atoms with van der Waals surface area (Å²) in [5.74, 6) is 0. The summed E-state index contributed by atoms with van der Waals surface area (Å²) in [6, 6.07) is 13.7. The zero-order chi connectivity index (χ0) is 13.7. The predicted octanol–water partition coefficient (Wildman–Crippen LogP) is 2.80. The Balaban J connectivity index is 2.38. The second kappa shape index (κ2) is 6.20. The van der Waals surface area contributed by atoms with Crippen LogP contribution in [0.5, 0.6) is 0 Å². The van der Waals surface area contributed by atoms with E-state index in [0.717, 1.165) is 16.5 Å². The van der Waals surface area contributed by atoms with Gasteiger partial charge in [-0.1, -0.05) is 36.4 Å². The van der Waals surface area contributed by atoms with Gasteiger partial charge in [0, 0.05) is 11.9 Å². The number of carbonyl (C=O) groups excluding carboxylic acids is 1. The third kappa shape index (κ3) is 2.85. The Morgan fingerprint density at radius 1 is 1.21 bits per heavy atom. The van der Waals surface area contributed by atoms with Crippen molar-refractivity contribution in [3.05, 3.63) is 42.5 Å². The maximum absolute atomic E-state index is 12.0. The molecular formula is C15H17NO3. The number of hydrogen-bond donors (Lipinski definition) is 1. The van der Waals surface area contributed by atoms with E-state index in [4.69, 9.17) is 9.84 Å². The second-order valence-electron chi connectivity index (χ2n) is 4.08. The number of aliphatic hydroxyl groups excluding tert-OH is 1. The van der Waals surface area contributed by atoms with Crippen LogP contribution in [0.3, 0.4) is 0 Å². The molecule has 0 saturated heterocycles. The van der Waals surface area contributed by atoms with Gasteiger partial charge in [-0.05, 0) is 18.4 Å². The summed E-state index contributed by atoms with van der Waals surface area (Å²) in [4.78, 5) is 13.5. The van der Waals surface area contributed by atoms with Gasteiger partial charge < -0.3 is 9.84 Å². The molecule has 0 saturated carbocycles. The second-order valence-corrected chi connectivity index (χ2v) is 4.08. The smallest absolute Gasteiger partial charge is 0.414 e. The van der Waals surface area contributed by atoms with Crippen molar-refractivity contribution in [3.63, 3.8) is 0 Å². The normalized spacial score (nSPS) is 10.4. The Bertz CT molecular complexity index is 563. The Morgan fingerprint density at radius 2 is 1.95 bits per heavy atom. The van der Waals surface area contributed by atoms with Crippen molar-refractivity contribution in [1.82, 2.24) is 0 Å². The lowest BCUT2D eigenvalue weighted by Crippen LogP contribution is -2.32. The Kier molecular flexibility index (Phi) is 4.36. The van der Waals surface area contributed by atoms with E-state index in [1.54, 1.807) is 4.90 Å². The molecule has 2 aromatic rings. The standard InChI is InChI=1S/C15H17NO3/c1-2-16(15(18)19-11-10-17)14-9-5-7-12-6-3-4-8-13(12)14/h3-9,17H,2,10-11H2,1H3. The SMILES string of the molecule is CCN(C(=O)OCCO)c1cccc2ccccc12. The van der Waals surface area contributed by atoms with Crippen LogP contribution in [0.15, 0.2) is 42.5 Å². The zero-order valence-electron chi connectivity index (χ0n) is 10.9. The summed E-state index contributed by atoms with van der Waals surface area (Å²) >= 11 is 0. The summed E-state index contributed by atoms with van der Waals surface area (Å²) in [5, 5.41) is 10.8. The van der Waals surface area contributed by atoms with E-state index in [-0.39, 0.29) is 13.2 Å². The van der Waals surface area contributed by atoms with Gasteiger partial charge in [0.1, 0.15) is 6.61 Å². The van der Waals surface area contributed by atoms with Crippen molar-refractivity contribution < 1.29 is 14.6 Å². The van der Waals surface area contributed by atoms with Crippen molar-refractivity contribution in [1.29, 1.82) is 0 Å². The summed E-state index contributed by atoms with van der Waals surface area (Å²) < 4.78 is 4.98. The third-order valence-electron chi connectivity index (χ3n) is 2.91. The lowest BCUT2D eigenvalue weighted by atomic mass is 10.1. The van der Waals surface area contributed by atoms with E-state index >= 15 is 0 Å². The van der Waals surface area contributed by atoms with Crippen LogP contribution < -0.4 is 4.90 Å². The third-order valence-corrected chi connectivity index (χ3v) is 2.91. The van der Waals surface area contributed by atoms with Gasteiger partial charge in [-0.25, -0.2) is 4.79 Å². The molecule has 1 amide bonds. The lowest BCUT2D eigenvalue weighted by molar-refractivity contribution is 0.125. The number of amides is 1. The number of hydrogen-bond acceptors (Lipinski definition) is 3. The highest BCUT2D eigenvalue weighted by atomic mass is 16.6. The van der Waals surface area contributed by atoms with Gasteiger partial charge in [-0.3, -0.25) is 4.90 Å². The molecule has 0 unspecified atom stereocenters. The highest BCUT2D eigenvalue weighted by Crippen LogP contribution is 2.26. The molecule has 4 nitrogen and oxygen atoms in total. The number of fused-ring (bicyclic) bond motifs is 1. The molecule has 0 atom stereocenters. The first kappa shape index (κ1) is 13.4. The molecule has 0 heterocycles. The largest absolute Gasteiger partial charge is 0.447 e. The number of anilines is 1. The van der Waals surface area contributed by atoms with Crippen LogP contribution in [0.4, 0.5) is 10.5 Å². The van der Waals surface area contributed by atoms with Crippen molar-refractivity contribution in [2.24, 2.45) is 0 Å². The van der Waals surface area contributed by atoms with Gasteiger partial charge >= 0.3 is 6.09 Å². The van der Waals surface area contributed by atoms with Crippen molar-refractivity contribution in [2.75, 3.05) is 24.7 Å². The van der Waals surface area contributed by atoms with Crippen molar-refractivity contribution in [2.45, 2.75) is 6.92 Å². The van der Waals surface area contributed by atoms with E-state index in [2.05, 4.69) is 0 Å². The topological polar surface area (TPSA) is 49.8 Å². The highest BCUT2D eigenvalue weighted by Gasteiger charge is 2.17. The van der Waals surface area contributed by atoms with E-state index in [0.29, 0.717) is 6.54 Å². The van der Waals surface area contributed by atoms with Crippen LogP contribution in [0, 0.1) is 0 Å². The minimum atomic E-state index is -0.437. The number of aliphatic hydroxyl groups is 1. The molecule has 19 heavy (non-hydrogen) atoms. The number of carbonyl (C=O) groups is 1. The number of nitrogens with zero attached hydrogens (tertiary/aromatic N) is 1. The Hall–Kier alpha value is -2.07. The average Bonchev–Trinajstić information content (AvgIpc) is 2.46. The van der Waals surface area contributed by atoms with Gasteiger partial charge in [0.25, 0.3) is 0 Å². The van der Waals surface area contributed by atoms with E-state index in [1.165, 1.54) is 0 Å². The molecule has 0 fully saturated rings. The van der Waals surface area contributed by atoms with Crippen LogP contribution >= 0.6 is 0 Å². The monoisotopic (exact) mass is 259 g/mol. The Labute approximate surface area is 112 Å². The molecule has 0 aliphatic heterocycles. The van der Waals surface area contributed by atoms with Crippen LogP contribution in [0.2, 0.25) is 0 Å². The first-order valence-electron chi connectivity index (χ1n) is 6.31. The molecule has 0 bridgehead atoms. The maximum atomic E-state index is 12.0. The van der Waals surface area contributed by atoms with Crippen molar-refractivity contribution >= 4 is 22.6 Å². The van der Waals surface area contributed by atoms with Crippen LogP contribution in [-0.4, -0.2) is 31.0 Å². The molecule has 1 N–H and O–H groups in total. The van der Waals surface area contributed by atoms with Crippen LogP contribution in [-0.2, 0) is 4.74 Å². The number of ether oxygens (including phenoxy) is 1. The summed E-state index contributed by atoms with van der Waals surface area (Å²) in [7, 11) is 0. The van der Waals surface area contributed by atoms with Crippen LogP contribution in [0.1, 0.15) is 6.92 Å². The van der Waals surface area contributed by atoms with E-state index in [1.807, 2.05) is 49.4 Å². The number of rotatable bonds is 4. The van der Waals surface area contributed by atoms with Gasteiger partial charge in [0.15, 0.2) is 0 Å². The van der Waals surface area contributed by atoms with Crippen LogP contribution in [0.25, 0.3) is 10.8 Å². The molecule has 0 aliphatic carbocycles. The van der Waals surface area contributed by atoms with Gasteiger partial charge in [-0.15, -0.1) is 0 Å². The minimum absolute atomic E-state index is 0.0140. The highest BCUT2D eigenvalue weighted by molar-refractivity contribution is 6.01. The summed E-state index contributed by atoms with van der Waals surface area (Å²) in [6.07, 6.45) is -0.437. The molecule has 2 rings (SSSR count). The molecule has 0 spiro atoms. The molecule has 0 radical (unpaired) electrons. The fraction of sp³-hybridized carbons (Fsp3) is 0.267. The number of benzene rings is 2. The summed E-state index contributed by atoms with van der Waals surface area (Å²) in [6.45, 7) is 2.25. The van der Waals surface area contributed by atoms with Gasteiger partial charge in [0.05, 0.1) is 12.3 Å². The van der Waals surface area contributed by atoms with E-state index < -0.39 is 6.09 Å². The van der Waals surface area contributed by atoms with E-state index in [9.17, 15) is 4.79 Å². The van der Waals surface area contributed by atoms with Gasteiger partial charge in [-0.2, -0.15) is 0 Å². The zero-order valence-corrected chi connectivity index (χ0v) is 10.9. The maximum Gasteiger partial charge on any atom is 0.414 e. The fourth-order valence-electron chi connectivity index (χ4n) is 2.05. The molecular weight excluding hydrogens is 242 g/mol. The quantitative estimate of drug-likeness (QED) is 0.918. The molecule has 100 valence electrons. The molecule has 0 aromatic heterocycles. The fourth-order valence-corrected chi connectivity index (χ4v) is 2.05. The first-order valence-corrected chi connectivity index (χ1v) is 6.31. The summed E-state index contributed by atoms with van der Waals surface area (Å²) in [5.41, 5.74) is 0.823. The van der Waals surface area contributed by atoms with Gasteiger partial charge in [0.2, 0.25) is 0 Å². The average molecular weight is 259 g/mol. The Morgan fingerprint density at radius 3 is 2.68 bits per heavy atom. The molecule has 2 aromatic carbocycles. The molecule has 0 aliphatic rings. The predicted molar refractivity (Wildman–Crippen MR) is 75.4 cm³/mol.